The van der Waals surface area contributed by atoms with Crippen LogP contribution in [0.25, 0.3) is 0 Å². The van der Waals surface area contributed by atoms with Gasteiger partial charge in [-0.25, -0.2) is 4.79 Å². The summed E-state index contributed by atoms with van der Waals surface area (Å²) in [7, 11) is 0. The van der Waals surface area contributed by atoms with Gasteiger partial charge in [-0.2, -0.15) is 0 Å². The molecule has 1 aliphatic carbocycles. The molecular weight excluding hydrogens is 278 g/mol. The monoisotopic (exact) mass is 303 g/mol. The number of aryl methyl sites for hydroxylation is 1. The van der Waals surface area contributed by atoms with Crippen molar-refractivity contribution in [2.45, 2.75) is 45.3 Å². The second kappa shape index (κ2) is 7.09. The zero-order valence-corrected chi connectivity index (χ0v) is 13.3. The summed E-state index contributed by atoms with van der Waals surface area (Å²) >= 11 is 0. The van der Waals surface area contributed by atoms with E-state index < -0.39 is 0 Å². The lowest BCUT2D eigenvalue weighted by molar-refractivity contribution is 0.00454. The van der Waals surface area contributed by atoms with Gasteiger partial charge in [-0.05, 0) is 56.2 Å². The number of amides is 2. The minimum atomic E-state index is -0.0111. The lowest BCUT2D eigenvalue weighted by Crippen LogP contribution is -2.47. The van der Waals surface area contributed by atoms with Gasteiger partial charge in [-0.3, -0.25) is 4.98 Å². The van der Waals surface area contributed by atoms with Crippen molar-refractivity contribution in [3.63, 3.8) is 0 Å². The van der Waals surface area contributed by atoms with Gasteiger partial charge in [0.25, 0.3) is 0 Å². The molecule has 2 amide bonds. The van der Waals surface area contributed by atoms with E-state index in [0.717, 1.165) is 43.2 Å². The molecule has 0 bridgehead atoms. The molecule has 1 aromatic rings. The van der Waals surface area contributed by atoms with Crippen molar-refractivity contribution in [2.24, 2.45) is 5.92 Å². The van der Waals surface area contributed by atoms with E-state index in [1.54, 1.807) is 6.20 Å². The number of aromatic nitrogens is 1. The second-order valence-corrected chi connectivity index (χ2v) is 6.47. The Morgan fingerprint density at radius 1 is 1.45 bits per heavy atom. The first-order valence-corrected chi connectivity index (χ1v) is 8.26. The molecule has 0 radical (unpaired) electrons. The number of urea groups is 1. The van der Waals surface area contributed by atoms with Gasteiger partial charge in [0.15, 0.2) is 0 Å². The van der Waals surface area contributed by atoms with E-state index in [4.69, 9.17) is 4.74 Å². The number of pyridine rings is 1. The number of carbonyl (C=O) groups is 1. The van der Waals surface area contributed by atoms with Crippen molar-refractivity contribution < 1.29 is 9.53 Å². The number of hydrogen-bond donors (Lipinski definition) is 1. The summed E-state index contributed by atoms with van der Waals surface area (Å²) < 4.78 is 5.93. The van der Waals surface area contributed by atoms with Crippen LogP contribution in [-0.2, 0) is 11.3 Å². The molecule has 2 heterocycles. The van der Waals surface area contributed by atoms with Crippen LogP contribution in [0.2, 0.25) is 0 Å². The van der Waals surface area contributed by atoms with Crippen LogP contribution >= 0.6 is 0 Å². The van der Waals surface area contributed by atoms with Crippen LogP contribution in [0.5, 0.6) is 0 Å². The minimum Gasteiger partial charge on any atom is -0.376 e. The maximum atomic E-state index is 12.3. The number of piperidine rings is 1. The molecule has 1 atom stereocenters. The SMILES string of the molecule is Cc1ccnc(CNC(=O)N2CCCC(OCC3CC3)C2)c1. The minimum absolute atomic E-state index is 0.0111. The fourth-order valence-corrected chi connectivity index (χ4v) is 2.79. The number of ether oxygens (including phenoxy) is 1. The quantitative estimate of drug-likeness (QED) is 0.909. The fourth-order valence-electron chi connectivity index (χ4n) is 2.79. The van der Waals surface area contributed by atoms with Gasteiger partial charge in [-0.15, -0.1) is 0 Å². The summed E-state index contributed by atoms with van der Waals surface area (Å²) in [5.41, 5.74) is 2.05. The van der Waals surface area contributed by atoms with Crippen LogP contribution in [0.1, 0.15) is 36.9 Å². The molecule has 1 unspecified atom stereocenters. The van der Waals surface area contributed by atoms with E-state index in [1.807, 2.05) is 24.0 Å². The highest BCUT2D eigenvalue weighted by Gasteiger charge is 2.27. The highest BCUT2D eigenvalue weighted by Crippen LogP contribution is 2.29. The Labute approximate surface area is 132 Å². The Morgan fingerprint density at radius 2 is 2.32 bits per heavy atom. The Morgan fingerprint density at radius 3 is 3.09 bits per heavy atom. The molecule has 2 fully saturated rings. The smallest absolute Gasteiger partial charge is 0.317 e. The molecule has 1 saturated heterocycles. The first-order valence-electron chi connectivity index (χ1n) is 8.26. The summed E-state index contributed by atoms with van der Waals surface area (Å²) in [5.74, 6) is 0.775. The lowest BCUT2D eigenvalue weighted by atomic mass is 10.1. The molecular formula is C17H25N3O2. The van der Waals surface area contributed by atoms with E-state index in [2.05, 4.69) is 10.3 Å². The molecule has 0 aromatic carbocycles. The van der Waals surface area contributed by atoms with Gasteiger partial charge in [0.2, 0.25) is 0 Å². The number of hydrogen-bond acceptors (Lipinski definition) is 3. The third kappa shape index (κ3) is 4.44. The highest BCUT2D eigenvalue weighted by molar-refractivity contribution is 5.74. The average Bonchev–Trinajstić information content (AvgIpc) is 3.35. The van der Waals surface area contributed by atoms with E-state index in [-0.39, 0.29) is 12.1 Å². The molecule has 3 rings (SSSR count). The molecule has 5 heteroatoms. The first kappa shape index (κ1) is 15.3. The van der Waals surface area contributed by atoms with E-state index in [1.165, 1.54) is 12.8 Å². The van der Waals surface area contributed by atoms with Crippen molar-refractivity contribution in [3.05, 3.63) is 29.6 Å². The van der Waals surface area contributed by atoms with Gasteiger partial charge in [0.1, 0.15) is 0 Å². The van der Waals surface area contributed by atoms with Crippen LogP contribution in [0.4, 0.5) is 4.79 Å². The van der Waals surface area contributed by atoms with E-state index in [0.29, 0.717) is 13.1 Å². The Kier molecular flexibility index (Phi) is 4.93. The third-order valence-electron chi connectivity index (χ3n) is 4.32. The topological polar surface area (TPSA) is 54.5 Å². The number of rotatable bonds is 5. The number of nitrogens with one attached hydrogen (secondary N) is 1. The van der Waals surface area contributed by atoms with Crippen molar-refractivity contribution in [1.29, 1.82) is 0 Å². The molecule has 1 saturated carbocycles. The summed E-state index contributed by atoms with van der Waals surface area (Å²) in [5, 5.41) is 2.96. The summed E-state index contributed by atoms with van der Waals surface area (Å²) in [4.78, 5) is 18.4. The van der Waals surface area contributed by atoms with Crippen LogP contribution in [0.15, 0.2) is 18.3 Å². The third-order valence-corrected chi connectivity index (χ3v) is 4.32. The number of carbonyl (C=O) groups excluding carboxylic acids is 1. The van der Waals surface area contributed by atoms with Crippen molar-refractivity contribution in [1.82, 2.24) is 15.2 Å². The van der Waals surface area contributed by atoms with Crippen LogP contribution in [0.3, 0.4) is 0 Å². The summed E-state index contributed by atoms with van der Waals surface area (Å²) in [6.07, 6.45) is 6.68. The molecule has 1 aliphatic heterocycles. The molecule has 5 nitrogen and oxygen atoms in total. The van der Waals surface area contributed by atoms with E-state index in [9.17, 15) is 4.79 Å². The number of likely N-dealkylation sites (tertiary alicyclic amines) is 1. The predicted molar refractivity (Wildman–Crippen MR) is 84.5 cm³/mol. The van der Waals surface area contributed by atoms with Gasteiger partial charge in [-0.1, -0.05) is 0 Å². The maximum Gasteiger partial charge on any atom is 0.317 e. The first-order chi connectivity index (χ1) is 10.7. The van der Waals surface area contributed by atoms with Gasteiger partial charge in [0.05, 0.1) is 18.3 Å². The highest BCUT2D eigenvalue weighted by atomic mass is 16.5. The standard InChI is InChI=1S/C17H25N3O2/c1-13-6-7-18-15(9-13)10-19-17(21)20-8-2-3-16(11-20)22-12-14-4-5-14/h6-7,9,14,16H,2-5,8,10-12H2,1H3,(H,19,21). The summed E-state index contributed by atoms with van der Waals surface area (Å²) in [6, 6.07) is 3.94. The largest absolute Gasteiger partial charge is 0.376 e. The second-order valence-electron chi connectivity index (χ2n) is 6.47. The molecule has 22 heavy (non-hydrogen) atoms. The van der Waals surface area contributed by atoms with Crippen LogP contribution in [0, 0.1) is 12.8 Å². The molecule has 120 valence electrons. The molecule has 0 spiro atoms. The molecule has 2 aliphatic rings. The Hall–Kier alpha value is -1.62. The van der Waals surface area contributed by atoms with Gasteiger partial charge < -0.3 is 15.0 Å². The fraction of sp³-hybridized carbons (Fsp3) is 0.647. The number of nitrogens with zero attached hydrogens (tertiary/aromatic N) is 2. The van der Waals surface area contributed by atoms with Crippen molar-refractivity contribution in [2.75, 3.05) is 19.7 Å². The Bertz CT molecular complexity index is 516. The molecule has 1 aromatic heterocycles. The van der Waals surface area contributed by atoms with E-state index >= 15 is 0 Å². The Balaban J connectivity index is 1.44. The van der Waals surface area contributed by atoms with Crippen LogP contribution in [-0.4, -0.2) is 41.7 Å². The normalized spacial score (nSPS) is 21.7. The van der Waals surface area contributed by atoms with Crippen molar-refractivity contribution >= 4 is 6.03 Å². The summed E-state index contributed by atoms with van der Waals surface area (Å²) in [6.45, 7) is 4.90. The van der Waals surface area contributed by atoms with Gasteiger partial charge >= 0.3 is 6.03 Å². The van der Waals surface area contributed by atoms with Gasteiger partial charge in [0, 0.05) is 25.9 Å². The zero-order chi connectivity index (χ0) is 15.4. The zero-order valence-electron chi connectivity index (χ0n) is 13.3. The van der Waals surface area contributed by atoms with Crippen molar-refractivity contribution in [3.8, 4) is 0 Å². The average molecular weight is 303 g/mol. The lowest BCUT2D eigenvalue weighted by Gasteiger charge is -2.32. The maximum absolute atomic E-state index is 12.3. The molecule has 1 N–H and O–H groups in total. The predicted octanol–water partition coefficient (Wildman–Crippen LogP) is 2.49. The van der Waals surface area contributed by atoms with Crippen LogP contribution < -0.4 is 5.32 Å².